The second-order valence-electron chi connectivity index (χ2n) is 5.30. The predicted octanol–water partition coefficient (Wildman–Crippen LogP) is 0.969. The van der Waals surface area contributed by atoms with E-state index in [1.807, 2.05) is 6.92 Å². The van der Waals surface area contributed by atoms with Gasteiger partial charge in [0, 0.05) is 19.3 Å². The molecule has 0 radical (unpaired) electrons. The first-order chi connectivity index (χ1) is 8.80. The van der Waals surface area contributed by atoms with Crippen LogP contribution in [-0.4, -0.2) is 37.5 Å². The van der Waals surface area contributed by atoms with Gasteiger partial charge < -0.3 is 10.8 Å². The van der Waals surface area contributed by atoms with Crippen molar-refractivity contribution in [2.24, 2.45) is 5.92 Å². The van der Waals surface area contributed by atoms with E-state index in [9.17, 15) is 13.5 Å². The predicted molar refractivity (Wildman–Crippen MR) is 74.1 cm³/mol. The Bertz CT molecular complexity index is 565. The van der Waals surface area contributed by atoms with Gasteiger partial charge in [-0.1, -0.05) is 6.07 Å². The van der Waals surface area contributed by atoms with Gasteiger partial charge in [-0.05, 0) is 43.4 Å². The minimum Gasteiger partial charge on any atom is -0.398 e. The Balaban J connectivity index is 2.14. The zero-order valence-electron chi connectivity index (χ0n) is 11.2. The summed E-state index contributed by atoms with van der Waals surface area (Å²) in [5.74, 6) is 0.248. The molecule has 3 N–H and O–H groups in total. The number of sulfonamides is 1. The van der Waals surface area contributed by atoms with Crippen LogP contribution < -0.4 is 5.73 Å². The minimum atomic E-state index is -3.50. The largest absolute Gasteiger partial charge is 0.398 e. The second-order valence-corrected chi connectivity index (χ2v) is 7.34. The van der Waals surface area contributed by atoms with Crippen molar-refractivity contribution >= 4 is 15.7 Å². The molecule has 0 saturated heterocycles. The molecule has 1 aliphatic carbocycles. The third-order valence-corrected chi connectivity index (χ3v) is 5.50. The molecule has 0 heterocycles. The maximum atomic E-state index is 12.4. The summed E-state index contributed by atoms with van der Waals surface area (Å²) >= 11 is 0. The lowest BCUT2D eigenvalue weighted by Crippen LogP contribution is -2.39. The summed E-state index contributed by atoms with van der Waals surface area (Å²) in [6, 6.07) is 4.78. The molecule has 106 valence electrons. The van der Waals surface area contributed by atoms with Crippen LogP contribution in [0.4, 0.5) is 5.69 Å². The Kier molecular flexibility index (Phi) is 3.85. The Labute approximate surface area is 114 Å². The topological polar surface area (TPSA) is 83.6 Å². The molecule has 1 saturated carbocycles. The molecule has 1 aliphatic rings. The molecule has 0 atom stereocenters. The highest BCUT2D eigenvalue weighted by atomic mass is 32.2. The van der Waals surface area contributed by atoms with Crippen LogP contribution in [0.3, 0.4) is 0 Å². The average Bonchev–Trinajstić information content (AvgIpc) is 2.30. The van der Waals surface area contributed by atoms with Crippen LogP contribution in [0, 0.1) is 12.8 Å². The van der Waals surface area contributed by atoms with Crippen molar-refractivity contribution in [2.45, 2.75) is 30.8 Å². The number of rotatable bonds is 4. The van der Waals surface area contributed by atoms with Gasteiger partial charge in [0.05, 0.1) is 11.0 Å². The number of aliphatic hydroxyl groups is 1. The first-order valence-electron chi connectivity index (χ1n) is 6.31. The van der Waals surface area contributed by atoms with Gasteiger partial charge in [0.15, 0.2) is 0 Å². The quantitative estimate of drug-likeness (QED) is 0.807. The zero-order chi connectivity index (χ0) is 14.2. The summed E-state index contributed by atoms with van der Waals surface area (Å²) in [5.41, 5.74) is 7.10. The normalized spacial score (nSPS) is 23.4. The van der Waals surface area contributed by atoms with E-state index < -0.39 is 10.0 Å². The third-order valence-electron chi connectivity index (χ3n) is 3.69. The van der Waals surface area contributed by atoms with Crippen molar-refractivity contribution in [1.29, 1.82) is 0 Å². The molecule has 0 bridgehead atoms. The summed E-state index contributed by atoms with van der Waals surface area (Å²) in [7, 11) is -1.93. The highest BCUT2D eigenvalue weighted by Crippen LogP contribution is 2.29. The zero-order valence-corrected chi connectivity index (χ0v) is 12.0. The van der Waals surface area contributed by atoms with E-state index in [-0.39, 0.29) is 16.9 Å². The van der Waals surface area contributed by atoms with Crippen LogP contribution in [0.15, 0.2) is 23.1 Å². The minimum absolute atomic E-state index is 0.220. The van der Waals surface area contributed by atoms with Gasteiger partial charge in [-0.2, -0.15) is 0 Å². The average molecular weight is 284 g/mol. The van der Waals surface area contributed by atoms with Gasteiger partial charge in [-0.25, -0.2) is 12.7 Å². The van der Waals surface area contributed by atoms with E-state index in [1.54, 1.807) is 19.2 Å². The van der Waals surface area contributed by atoms with Crippen molar-refractivity contribution in [3.63, 3.8) is 0 Å². The monoisotopic (exact) mass is 284 g/mol. The van der Waals surface area contributed by atoms with Gasteiger partial charge in [0.25, 0.3) is 0 Å². The summed E-state index contributed by atoms with van der Waals surface area (Å²) in [6.45, 7) is 2.28. The van der Waals surface area contributed by atoms with Crippen molar-refractivity contribution in [3.05, 3.63) is 23.8 Å². The molecule has 1 fully saturated rings. The molecule has 0 spiro atoms. The molecule has 19 heavy (non-hydrogen) atoms. The van der Waals surface area contributed by atoms with E-state index in [1.165, 1.54) is 10.4 Å². The van der Waals surface area contributed by atoms with Crippen LogP contribution in [0.25, 0.3) is 0 Å². The molecule has 0 unspecified atom stereocenters. The number of nitrogens with zero attached hydrogens (tertiary/aromatic N) is 1. The molecule has 1 aromatic rings. The molecule has 0 aromatic heterocycles. The maximum absolute atomic E-state index is 12.4. The Morgan fingerprint density at radius 1 is 1.42 bits per heavy atom. The van der Waals surface area contributed by atoms with Crippen molar-refractivity contribution in [3.8, 4) is 0 Å². The lowest BCUT2D eigenvalue weighted by molar-refractivity contribution is 0.0367. The number of hydrogen-bond donors (Lipinski definition) is 2. The fourth-order valence-electron chi connectivity index (χ4n) is 2.27. The Morgan fingerprint density at radius 3 is 2.58 bits per heavy atom. The van der Waals surface area contributed by atoms with Crippen LogP contribution in [0.1, 0.15) is 18.4 Å². The Morgan fingerprint density at radius 2 is 2.05 bits per heavy atom. The number of nitrogen functional groups attached to an aromatic ring is 1. The number of benzene rings is 1. The fourth-order valence-corrected chi connectivity index (χ4v) is 3.55. The van der Waals surface area contributed by atoms with Crippen molar-refractivity contribution < 1.29 is 13.5 Å². The molecule has 1 aromatic carbocycles. The summed E-state index contributed by atoms with van der Waals surface area (Å²) < 4.78 is 26.1. The standard InChI is InChI=1S/C13H20N2O3S/c1-9-3-4-12(7-13(9)14)19(17,18)15(2)8-10-5-11(16)6-10/h3-4,7,10-11,16H,5-6,8,14H2,1-2H3. The Hall–Kier alpha value is -1.11. The smallest absolute Gasteiger partial charge is 0.242 e. The summed E-state index contributed by atoms with van der Waals surface area (Å²) in [4.78, 5) is 0.220. The van der Waals surface area contributed by atoms with Gasteiger partial charge in [0.2, 0.25) is 10.0 Å². The SMILES string of the molecule is Cc1ccc(S(=O)(=O)N(C)CC2CC(O)C2)cc1N. The van der Waals surface area contributed by atoms with Gasteiger partial charge in [-0.3, -0.25) is 0 Å². The molecule has 2 rings (SSSR count). The second kappa shape index (κ2) is 5.11. The lowest BCUT2D eigenvalue weighted by Gasteiger charge is -2.34. The fraction of sp³-hybridized carbons (Fsp3) is 0.538. The van der Waals surface area contributed by atoms with Crippen molar-refractivity contribution in [1.82, 2.24) is 4.31 Å². The van der Waals surface area contributed by atoms with Crippen LogP contribution in [0.5, 0.6) is 0 Å². The summed E-state index contributed by atoms with van der Waals surface area (Å²) in [5, 5.41) is 9.23. The van der Waals surface area contributed by atoms with E-state index >= 15 is 0 Å². The number of hydrogen-bond acceptors (Lipinski definition) is 4. The maximum Gasteiger partial charge on any atom is 0.242 e. The van der Waals surface area contributed by atoms with E-state index in [2.05, 4.69) is 0 Å². The molecule has 5 nitrogen and oxygen atoms in total. The van der Waals surface area contributed by atoms with Gasteiger partial charge in [0.1, 0.15) is 0 Å². The highest BCUT2D eigenvalue weighted by molar-refractivity contribution is 7.89. The first kappa shape index (κ1) is 14.3. The number of nitrogens with two attached hydrogens (primary N) is 1. The highest BCUT2D eigenvalue weighted by Gasteiger charge is 2.31. The van der Waals surface area contributed by atoms with Crippen molar-refractivity contribution in [2.75, 3.05) is 19.3 Å². The first-order valence-corrected chi connectivity index (χ1v) is 7.75. The molecular formula is C13H20N2O3S. The lowest BCUT2D eigenvalue weighted by atomic mass is 9.82. The van der Waals surface area contributed by atoms with Gasteiger partial charge in [-0.15, -0.1) is 0 Å². The number of anilines is 1. The number of aliphatic hydroxyl groups excluding tert-OH is 1. The van der Waals surface area contributed by atoms with Crippen LogP contribution >= 0.6 is 0 Å². The molecule has 6 heteroatoms. The third kappa shape index (κ3) is 2.91. The number of aryl methyl sites for hydroxylation is 1. The van der Waals surface area contributed by atoms with E-state index in [4.69, 9.17) is 5.73 Å². The van der Waals surface area contributed by atoms with Crippen LogP contribution in [-0.2, 0) is 10.0 Å². The van der Waals surface area contributed by atoms with Gasteiger partial charge >= 0.3 is 0 Å². The van der Waals surface area contributed by atoms with Crippen LogP contribution in [0.2, 0.25) is 0 Å². The summed E-state index contributed by atoms with van der Waals surface area (Å²) in [6.07, 6.45) is 1.09. The molecule has 0 aliphatic heterocycles. The molecule has 0 amide bonds. The van der Waals surface area contributed by atoms with E-state index in [0.717, 1.165) is 5.56 Å². The van der Waals surface area contributed by atoms with E-state index in [0.29, 0.717) is 25.1 Å². The molecular weight excluding hydrogens is 264 g/mol.